The number of carbonyl (C=O) groups excluding carboxylic acids is 1. The van der Waals surface area contributed by atoms with Crippen molar-refractivity contribution in [2.45, 2.75) is 6.17 Å². The number of carbonyl (C=O) groups is 1. The van der Waals surface area contributed by atoms with Crippen LogP contribution in [-0.4, -0.2) is 27.2 Å². The molecule has 0 spiro atoms. The van der Waals surface area contributed by atoms with E-state index in [0.717, 1.165) is 16.9 Å². The van der Waals surface area contributed by atoms with Crippen molar-refractivity contribution in [3.05, 3.63) is 77.9 Å². The third-order valence-corrected chi connectivity index (χ3v) is 4.99. The van der Waals surface area contributed by atoms with Crippen molar-refractivity contribution in [1.29, 1.82) is 0 Å². The van der Waals surface area contributed by atoms with Crippen LogP contribution in [0.1, 0.15) is 22.1 Å². The lowest BCUT2D eigenvalue weighted by Gasteiger charge is -2.38. The second kappa shape index (κ2) is 7.75. The first-order chi connectivity index (χ1) is 14.2. The van der Waals surface area contributed by atoms with Crippen LogP contribution in [0, 0.1) is 0 Å². The second-order valence-corrected chi connectivity index (χ2v) is 6.55. The monoisotopic (exact) mass is 390 g/mol. The van der Waals surface area contributed by atoms with Crippen LogP contribution in [0.5, 0.6) is 17.2 Å². The SMILES string of the molecule is COc1cc(OC)c([C@H]2Nc3ccccc3C(=O)N2c2ccccc2)cc1OC. The summed E-state index contributed by atoms with van der Waals surface area (Å²) < 4.78 is 16.5. The van der Waals surface area contributed by atoms with Crippen molar-refractivity contribution in [2.75, 3.05) is 31.5 Å². The number of hydrogen-bond acceptors (Lipinski definition) is 5. The summed E-state index contributed by atoms with van der Waals surface area (Å²) in [5, 5.41) is 3.48. The van der Waals surface area contributed by atoms with Gasteiger partial charge in [0.25, 0.3) is 5.91 Å². The van der Waals surface area contributed by atoms with Crippen LogP contribution in [-0.2, 0) is 0 Å². The molecule has 29 heavy (non-hydrogen) atoms. The summed E-state index contributed by atoms with van der Waals surface area (Å²) in [5.74, 6) is 1.62. The number of rotatable bonds is 5. The first-order valence-corrected chi connectivity index (χ1v) is 9.22. The van der Waals surface area contributed by atoms with E-state index in [2.05, 4.69) is 5.32 Å². The normalized spacial score (nSPS) is 15.3. The number of amides is 1. The third kappa shape index (κ3) is 3.23. The molecule has 0 fully saturated rings. The number of para-hydroxylation sites is 2. The van der Waals surface area contributed by atoms with Crippen molar-refractivity contribution in [3.63, 3.8) is 0 Å². The molecule has 1 N–H and O–H groups in total. The Morgan fingerprint density at radius 1 is 0.793 bits per heavy atom. The number of methoxy groups -OCH3 is 3. The molecule has 1 amide bonds. The average Bonchev–Trinajstić information content (AvgIpc) is 2.78. The topological polar surface area (TPSA) is 60.0 Å². The molecule has 3 aromatic rings. The first kappa shape index (κ1) is 18.7. The lowest BCUT2D eigenvalue weighted by molar-refractivity contribution is 0.0974. The van der Waals surface area contributed by atoms with E-state index in [9.17, 15) is 4.79 Å². The van der Waals surface area contributed by atoms with Crippen LogP contribution < -0.4 is 24.4 Å². The fraction of sp³-hybridized carbons (Fsp3) is 0.174. The molecule has 148 valence electrons. The molecular weight excluding hydrogens is 368 g/mol. The van der Waals surface area contributed by atoms with Crippen LogP contribution in [0.2, 0.25) is 0 Å². The summed E-state index contributed by atoms with van der Waals surface area (Å²) in [6.45, 7) is 0. The summed E-state index contributed by atoms with van der Waals surface area (Å²) in [6, 6.07) is 20.7. The number of hydrogen-bond donors (Lipinski definition) is 1. The molecular formula is C23H22N2O4. The van der Waals surface area contributed by atoms with Crippen molar-refractivity contribution >= 4 is 17.3 Å². The van der Waals surface area contributed by atoms with Gasteiger partial charge < -0.3 is 19.5 Å². The summed E-state index contributed by atoms with van der Waals surface area (Å²) in [4.78, 5) is 15.2. The van der Waals surface area contributed by atoms with Gasteiger partial charge in [0, 0.05) is 23.0 Å². The standard InChI is InChI=1S/C23H22N2O4/c1-27-19-14-21(29-3)20(28-2)13-17(19)22-24-18-12-8-7-11-16(18)23(26)25(22)15-9-5-4-6-10-15/h4-14,22,24H,1-3H3/t22-/m0/s1. The van der Waals surface area contributed by atoms with Gasteiger partial charge in [-0.1, -0.05) is 30.3 Å². The summed E-state index contributed by atoms with van der Waals surface area (Å²) in [7, 11) is 4.75. The molecule has 1 aliphatic rings. The van der Waals surface area contributed by atoms with E-state index in [1.807, 2.05) is 60.7 Å². The molecule has 1 aliphatic heterocycles. The molecule has 6 nitrogen and oxygen atoms in total. The van der Waals surface area contributed by atoms with Gasteiger partial charge in [-0.25, -0.2) is 0 Å². The molecule has 0 aromatic heterocycles. The highest BCUT2D eigenvalue weighted by atomic mass is 16.5. The molecule has 0 bridgehead atoms. The minimum atomic E-state index is -0.491. The summed E-state index contributed by atoms with van der Waals surface area (Å²) >= 11 is 0. The molecule has 0 unspecified atom stereocenters. The van der Waals surface area contributed by atoms with Crippen LogP contribution >= 0.6 is 0 Å². The number of fused-ring (bicyclic) bond motifs is 1. The number of anilines is 2. The van der Waals surface area contributed by atoms with E-state index in [1.54, 1.807) is 32.3 Å². The fourth-order valence-corrected chi connectivity index (χ4v) is 3.59. The van der Waals surface area contributed by atoms with Gasteiger partial charge in [0.05, 0.1) is 26.9 Å². The fourth-order valence-electron chi connectivity index (χ4n) is 3.59. The van der Waals surface area contributed by atoms with Gasteiger partial charge in [0.1, 0.15) is 11.9 Å². The van der Waals surface area contributed by atoms with Crippen molar-refractivity contribution in [2.24, 2.45) is 0 Å². The Hall–Kier alpha value is -3.67. The van der Waals surface area contributed by atoms with E-state index in [0.29, 0.717) is 22.8 Å². The quantitative estimate of drug-likeness (QED) is 0.696. The van der Waals surface area contributed by atoms with Crippen LogP contribution in [0.25, 0.3) is 0 Å². The highest BCUT2D eigenvalue weighted by Crippen LogP contribution is 2.43. The Kier molecular flexibility index (Phi) is 4.99. The molecule has 0 saturated heterocycles. The number of nitrogens with one attached hydrogen (secondary N) is 1. The zero-order valence-corrected chi connectivity index (χ0v) is 16.5. The smallest absolute Gasteiger partial charge is 0.262 e. The zero-order valence-electron chi connectivity index (χ0n) is 16.5. The van der Waals surface area contributed by atoms with Crippen LogP contribution in [0.4, 0.5) is 11.4 Å². The largest absolute Gasteiger partial charge is 0.496 e. The molecule has 3 aromatic carbocycles. The maximum Gasteiger partial charge on any atom is 0.262 e. The van der Waals surface area contributed by atoms with Gasteiger partial charge in [0.15, 0.2) is 11.5 Å². The van der Waals surface area contributed by atoms with E-state index in [1.165, 1.54) is 0 Å². The Bertz CT molecular complexity index is 1040. The van der Waals surface area contributed by atoms with E-state index in [-0.39, 0.29) is 5.91 Å². The van der Waals surface area contributed by atoms with Crippen LogP contribution in [0.3, 0.4) is 0 Å². The lowest BCUT2D eigenvalue weighted by atomic mass is 10.0. The van der Waals surface area contributed by atoms with Crippen molar-refractivity contribution in [3.8, 4) is 17.2 Å². The van der Waals surface area contributed by atoms with Gasteiger partial charge in [-0.15, -0.1) is 0 Å². The second-order valence-electron chi connectivity index (χ2n) is 6.55. The van der Waals surface area contributed by atoms with Gasteiger partial charge in [-0.05, 0) is 30.3 Å². The highest BCUT2D eigenvalue weighted by molar-refractivity contribution is 6.12. The summed E-state index contributed by atoms with van der Waals surface area (Å²) in [6.07, 6.45) is -0.491. The van der Waals surface area contributed by atoms with Gasteiger partial charge in [0.2, 0.25) is 0 Å². The zero-order chi connectivity index (χ0) is 20.4. The Balaban J connectivity index is 1.92. The Labute approximate surface area is 169 Å². The minimum absolute atomic E-state index is 0.0904. The lowest BCUT2D eigenvalue weighted by Crippen LogP contribution is -2.43. The maximum atomic E-state index is 13.5. The summed E-state index contributed by atoms with van der Waals surface area (Å²) in [5.41, 5.74) is 2.93. The van der Waals surface area contributed by atoms with Gasteiger partial charge in [-0.3, -0.25) is 9.69 Å². The number of benzene rings is 3. The molecule has 1 atom stereocenters. The highest BCUT2D eigenvalue weighted by Gasteiger charge is 2.36. The van der Waals surface area contributed by atoms with Crippen LogP contribution in [0.15, 0.2) is 66.7 Å². The molecule has 0 saturated carbocycles. The first-order valence-electron chi connectivity index (χ1n) is 9.22. The predicted molar refractivity (Wildman–Crippen MR) is 112 cm³/mol. The van der Waals surface area contributed by atoms with Gasteiger partial charge in [-0.2, -0.15) is 0 Å². The van der Waals surface area contributed by atoms with Crippen molar-refractivity contribution in [1.82, 2.24) is 0 Å². The molecule has 4 rings (SSSR count). The third-order valence-electron chi connectivity index (χ3n) is 4.99. The maximum absolute atomic E-state index is 13.5. The van der Waals surface area contributed by atoms with Crippen molar-refractivity contribution < 1.29 is 19.0 Å². The van der Waals surface area contributed by atoms with E-state index < -0.39 is 6.17 Å². The Morgan fingerprint density at radius 3 is 2.10 bits per heavy atom. The average molecular weight is 390 g/mol. The molecule has 0 radical (unpaired) electrons. The molecule has 0 aliphatic carbocycles. The van der Waals surface area contributed by atoms with E-state index in [4.69, 9.17) is 14.2 Å². The number of nitrogens with zero attached hydrogens (tertiary/aromatic N) is 1. The molecule has 1 heterocycles. The molecule has 6 heteroatoms. The predicted octanol–water partition coefficient (Wildman–Crippen LogP) is 4.48. The Morgan fingerprint density at radius 2 is 1.41 bits per heavy atom. The van der Waals surface area contributed by atoms with Gasteiger partial charge >= 0.3 is 0 Å². The van der Waals surface area contributed by atoms with E-state index >= 15 is 0 Å². The minimum Gasteiger partial charge on any atom is -0.496 e. The number of ether oxygens (including phenoxy) is 3.